The summed E-state index contributed by atoms with van der Waals surface area (Å²) in [6, 6.07) is 0. The zero-order chi connectivity index (χ0) is 11.9. The number of rotatable bonds is 6. The standard InChI is InChI=1S/C11H20O4/c1-5-11(6-2,7-14-9(3)12)8-15-10(4)13/h5-8H2,1-4H3. The summed E-state index contributed by atoms with van der Waals surface area (Å²) in [6.07, 6.45) is 1.62. The smallest absolute Gasteiger partial charge is 0.302 e. The lowest BCUT2D eigenvalue weighted by atomic mass is 9.84. The molecule has 0 aliphatic heterocycles. The van der Waals surface area contributed by atoms with Gasteiger partial charge in [-0.15, -0.1) is 0 Å². The number of carbonyl (C=O) groups excluding carboxylic acids is 2. The van der Waals surface area contributed by atoms with E-state index in [0.717, 1.165) is 12.8 Å². The van der Waals surface area contributed by atoms with Crippen molar-refractivity contribution in [2.24, 2.45) is 5.41 Å². The van der Waals surface area contributed by atoms with Gasteiger partial charge in [0.1, 0.15) is 13.2 Å². The lowest BCUT2D eigenvalue weighted by molar-refractivity contribution is -0.151. The molecule has 0 aliphatic rings. The van der Waals surface area contributed by atoms with Crippen molar-refractivity contribution in [3.8, 4) is 0 Å². The van der Waals surface area contributed by atoms with E-state index >= 15 is 0 Å². The van der Waals surface area contributed by atoms with Gasteiger partial charge in [-0.2, -0.15) is 0 Å². The second-order valence-corrected chi connectivity index (χ2v) is 3.77. The first-order valence-electron chi connectivity index (χ1n) is 5.22. The molecule has 0 aliphatic carbocycles. The van der Waals surface area contributed by atoms with Crippen LogP contribution in [-0.2, 0) is 19.1 Å². The van der Waals surface area contributed by atoms with Crippen molar-refractivity contribution < 1.29 is 19.1 Å². The van der Waals surface area contributed by atoms with Crippen LogP contribution in [0.15, 0.2) is 0 Å². The first kappa shape index (κ1) is 13.9. The van der Waals surface area contributed by atoms with E-state index in [2.05, 4.69) is 0 Å². The van der Waals surface area contributed by atoms with Crippen LogP contribution in [0.3, 0.4) is 0 Å². The van der Waals surface area contributed by atoms with Crippen molar-refractivity contribution in [1.29, 1.82) is 0 Å². The quantitative estimate of drug-likeness (QED) is 0.636. The Hall–Kier alpha value is -1.06. The first-order chi connectivity index (χ1) is 6.95. The van der Waals surface area contributed by atoms with Gasteiger partial charge in [-0.1, -0.05) is 13.8 Å². The zero-order valence-corrected chi connectivity index (χ0v) is 9.96. The maximum atomic E-state index is 10.7. The summed E-state index contributed by atoms with van der Waals surface area (Å²) in [5.41, 5.74) is -0.239. The normalized spacial score (nSPS) is 10.9. The van der Waals surface area contributed by atoms with Crippen molar-refractivity contribution in [3.63, 3.8) is 0 Å². The average Bonchev–Trinajstić information content (AvgIpc) is 2.19. The minimum atomic E-state index is -0.302. The maximum Gasteiger partial charge on any atom is 0.302 e. The molecule has 0 spiro atoms. The summed E-state index contributed by atoms with van der Waals surface area (Å²) >= 11 is 0. The highest BCUT2D eigenvalue weighted by Gasteiger charge is 2.29. The summed E-state index contributed by atoms with van der Waals surface area (Å²) in [7, 11) is 0. The summed E-state index contributed by atoms with van der Waals surface area (Å²) in [5.74, 6) is -0.604. The summed E-state index contributed by atoms with van der Waals surface area (Å²) < 4.78 is 9.98. The SMILES string of the molecule is CCC(CC)(COC(C)=O)COC(C)=O. The number of esters is 2. The Labute approximate surface area is 90.9 Å². The second-order valence-electron chi connectivity index (χ2n) is 3.77. The molecule has 0 fully saturated rings. The molecular formula is C11H20O4. The number of hydrogen-bond donors (Lipinski definition) is 0. The van der Waals surface area contributed by atoms with Crippen molar-refractivity contribution >= 4 is 11.9 Å². The summed E-state index contributed by atoms with van der Waals surface area (Å²) in [4.78, 5) is 21.5. The van der Waals surface area contributed by atoms with Crippen LogP contribution in [-0.4, -0.2) is 25.2 Å². The van der Waals surface area contributed by atoms with Crippen LogP contribution in [0.25, 0.3) is 0 Å². The molecule has 4 nitrogen and oxygen atoms in total. The lowest BCUT2D eigenvalue weighted by Gasteiger charge is -2.29. The van der Waals surface area contributed by atoms with E-state index in [0.29, 0.717) is 13.2 Å². The fraction of sp³-hybridized carbons (Fsp3) is 0.818. The molecule has 0 aromatic carbocycles. The monoisotopic (exact) mass is 216 g/mol. The fourth-order valence-electron chi connectivity index (χ4n) is 1.21. The van der Waals surface area contributed by atoms with Crippen LogP contribution in [0.5, 0.6) is 0 Å². The van der Waals surface area contributed by atoms with Gasteiger partial charge < -0.3 is 9.47 Å². The van der Waals surface area contributed by atoms with Gasteiger partial charge in [-0.25, -0.2) is 0 Å². The van der Waals surface area contributed by atoms with Crippen LogP contribution in [0.1, 0.15) is 40.5 Å². The maximum absolute atomic E-state index is 10.7. The second kappa shape index (κ2) is 6.43. The molecule has 0 atom stereocenters. The van der Waals surface area contributed by atoms with E-state index in [1.54, 1.807) is 0 Å². The van der Waals surface area contributed by atoms with Crippen LogP contribution >= 0.6 is 0 Å². The van der Waals surface area contributed by atoms with Gasteiger partial charge in [0.25, 0.3) is 0 Å². The zero-order valence-electron chi connectivity index (χ0n) is 9.96. The van der Waals surface area contributed by atoms with Gasteiger partial charge in [0.05, 0.1) is 0 Å². The van der Waals surface area contributed by atoms with Gasteiger partial charge in [-0.3, -0.25) is 9.59 Å². The van der Waals surface area contributed by atoms with Gasteiger partial charge in [-0.05, 0) is 12.8 Å². The van der Waals surface area contributed by atoms with E-state index in [1.807, 2.05) is 13.8 Å². The van der Waals surface area contributed by atoms with E-state index in [1.165, 1.54) is 13.8 Å². The Morgan fingerprint density at radius 2 is 1.27 bits per heavy atom. The molecule has 0 rings (SSSR count). The van der Waals surface area contributed by atoms with Crippen LogP contribution < -0.4 is 0 Å². The Morgan fingerprint density at radius 3 is 1.47 bits per heavy atom. The molecule has 0 N–H and O–H groups in total. The number of carbonyl (C=O) groups is 2. The molecule has 0 saturated carbocycles. The largest absolute Gasteiger partial charge is 0.465 e. The van der Waals surface area contributed by atoms with E-state index in [4.69, 9.17) is 9.47 Å². The molecule has 0 unspecified atom stereocenters. The molecule has 0 aromatic heterocycles. The van der Waals surface area contributed by atoms with Crippen LogP contribution in [0.2, 0.25) is 0 Å². The third-order valence-electron chi connectivity index (χ3n) is 2.66. The minimum absolute atomic E-state index is 0.239. The first-order valence-corrected chi connectivity index (χ1v) is 5.22. The van der Waals surface area contributed by atoms with Crippen molar-refractivity contribution in [2.75, 3.05) is 13.2 Å². The Bertz CT molecular complexity index is 199. The van der Waals surface area contributed by atoms with Crippen LogP contribution in [0, 0.1) is 5.41 Å². The molecule has 15 heavy (non-hydrogen) atoms. The molecular weight excluding hydrogens is 196 g/mol. The Morgan fingerprint density at radius 1 is 0.933 bits per heavy atom. The molecule has 0 aromatic rings. The van der Waals surface area contributed by atoms with Gasteiger partial charge >= 0.3 is 11.9 Å². The predicted molar refractivity (Wildman–Crippen MR) is 56.3 cm³/mol. The van der Waals surface area contributed by atoms with Gasteiger partial charge in [0, 0.05) is 19.3 Å². The molecule has 0 saturated heterocycles. The third-order valence-corrected chi connectivity index (χ3v) is 2.66. The fourth-order valence-corrected chi connectivity index (χ4v) is 1.21. The molecule has 0 heterocycles. The van der Waals surface area contributed by atoms with Gasteiger partial charge in [0.15, 0.2) is 0 Å². The number of ether oxygens (including phenoxy) is 2. The highest BCUT2D eigenvalue weighted by Crippen LogP contribution is 2.27. The third kappa shape index (κ3) is 5.40. The van der Waals surface area contributed by atoms with Crippen molar-refractivity contribution in [3.05, 3.63) is 0 Å². The Balaban J connectivity index is 4.29. The summed E-state index contributed by atoms with van der Waals surface area (Å²) in [6.45, 7) is 7.36. The topological polar surface area (TPSA) is 52.6 Å². The minimum Gasteiger partial charge on any atom is -0.465 e. The van der Waals surface area contributed by atoms with Gasteiger partial charge in [0.2, 0.25) is 0 Å². The highest BCUT2D eigenvalue weighted by molar-refractivity contribution is 5.66. The average molecular weight is 216 g/mol. The molecule has 4 heteroatoms. The number of hydrogen-bond acceptors (Lipinski definition) is 4. The van der Waals surface area contributed by atoms with Crippen LogP contribution in [0.4, 0.5) is 0 Å². The Kier molecular flexibility index (Phi) is 5.97. The lowest BCUT2D eigenvalue weighted by Crippen LogP contribution is -2.32. The van der Waals surface area contributed by atoms with Crippen molar-refractivity contribution in [1.82, 2.24) is 0 Å². The highest BCUT2D eigenvalue weighted by atomic mass is 16.5. The molecule has 0 radical (unpaired) electrons. The van der Waals surface area contributed by atoms with E-state index < -0.39 is 0 Å². The van der Waals surface area contributed by atoms with E-state index in [-0.39, 0.29) is 17.4 Å². The summed E-state index contributed by atoms with van der Waals surface area (Å²) in [5, 5.41) is 0. The van der Waals surface area contributed by atoms with Crippen molar-refractivity contribution in [2.45, 2.75) is 40.5 Å². The van der Waals surface area contributed by atoms with E-state index in [9.17, 15) is 9.59 Å². The molecule has 0 amide bonds. The predicted octanol–water partition coefficient (Wildman–Crippen LogP) is 1.92. The molecule has 0 bridgehead atoms. The molecule has 88 valence electrons.